The summed E-state index contributed by atoms with van der Waals surface area (Å²) >= 11 is 3.38. The van der Waals surface area contributed by atoms with Gasteiger partial charge in [0.25, 0.3) is 5.56 Å². The van der Waals surface area contributed by atoms with E-state index in [2.05, 4.69) is 41.0 Å². The van der Waals surface area contributed by atoms with E-state index in [0.717, 1.165) is 9.86 Å². The molecule has 4 aromatic rings. The standard InChI is InChI=1S/C13H9BrN6O/c1-20-3-2-8(19-20)12-16-9-7-4-6(14)5-15-11(7)17-10(9)13(21)18-12/h2-5H,1H3,(H,15,17)(H,16,18,21). The summed E-state index contributed by atoms with van der Waals surface area (Å²) in [6, 6.07) is 3.68. The summed E-state index contributed by atoms with van der Waals surface area (Å²) in [6.07, 6.45) is 3.47. The number of hydrogen-bond acceptors (Lipinski definition) is 4. The molecular formula is C13H9BrN6O. The minimum atomic E-state index is -0.241. The fourth-order valence-electron chi connectivity index (χ4n) is 2.28. The molecule has 21 heavy (non-hydrogen) atoms. The molecule has 7 nitrogen and oxygen atoms in total. The van der Waals surface area contributed by atoms with Gasteiger partial charge in [-0.2, -0.15) is 5.10 Å². The first-order chi connectivity index (χ1) is 10.1. The van der Waals surface area contributed by atoms with Crippen molar-refractivity contribution in [3.8, 4) is 11.5 Å². The Morgan fingerprint density at radius 1 is 1.33 bits per heavy atom. The summed E-state index contributed by atoms with van der Waals surface area (Å²) in [5.74, 6) is 0.439. The van der Waals surface area contributed by atoms with E-state index in [1.165, 1.54) is 0 Å². The van der Waals surface area contributed by atoms with Gasteiger partial charge in [-0.1, -0.05) is 0 Å². The largest absolute Gasteiger partial charge is 0.333 e. The van der Waals surface area contributed by atoms with Crippen molar-refractivity contribution in [3.63, 3.8) is 0 Å². The summed E-state index contributed by atoms with van der Waals surface area (Å²) < 4.78 is 2.49. The third-order valence-corrected chi connectivity index (χ3v) is 3.66. The number of aromatic amines is 2. The second-order valence-electron chi connectivity index (χ2n) is 4.69. The van der Waals surface area contributed by atoms with E-state index >= 15 is 0 Å². The van der Waals surface area contributed by atoms with Crippen LogP contribution in [-0.2, 0) is 7.05 Å². The molecular weight excluding hydrogens is 336 g/mol. The minimum Gasteiger partial charge on any atom is -0.333 e. The summed E-state index contributed by atoms with van der Waals surface area (Å²) in [7, 11) is 1.81. The molecule has 0 aliphatic carbocycles. The highest BCUT2D eigenvalue weighted by Crippen LogP contribution is 2.24. The summed E-state index contributed by atoms with van der Waals surface area (Å²) in [4.78, 5) is 26.7. The lowest BCUT2D eigenvalue weighted by molar-refractivity contribution is 0.768. The maximum Gasteiger partial charge on any atom is 0.275 e. The number of nitrogens with one attached hydrogen (secondary N) is 2. The maximum absolute atomic E-state index is 12.2. The average molecular weight is 345 g/mol. The van der Waals surface area contributed by atoms with Crippen LogP contribution in [-0.4, -0.2) is 29.7 Å². The van der Waals surface area contributed by atoms with Gasteiger partial charge in [0.15, 0.2) is 5.82 Å². The third kappa shape index (κ3) is 1.87. The van der Waals surface area contributed by atoms with Crippen LogP contribution < -0.4 is 5.56 Å². The molecule has 0 atom stereocenters. The van der Waals surface area contributed by atoms with Crippen molar-refractivity contribution < 1.29 is 0 Å². The van der Waals surface area contributed by atoms with Gasteiger partial charge in [-0.15, -0.1) is 0 Å². The molecule has 0 bridgehead atoms. The van der Waals surface area contributed by atoms with Crippen LogP contribution in [0.2, 0.25) is 0 Å². The van der Waals surface area contributed by atoms with Crippen LogP contribution in [0.25, 0.3) is 33.6 Å². The van der Waals surface area contributed by atoms with Crippen molar-refractivity contribution in [2.45, 2.75) is 0 Å². The number of nitrogens with zero attached hydrogens (tertiary/aromatic N) is 4. The van der Waals surface area contributed by atoms with Crippen LogP contribution >= 0.6 is 15.9 Å². The van der Waals surface area contributed by atoms with Gasteiger partial charge in [-0.05, 0) is 28.1 Å². The molecule has 104 valence electrons. The highest BCUT2D eigenvalue weighted by atomic mass is 79.9. The quantitative estimate of drug-likeness (QED) is 0.552. The summed E-state index contributed by atoms with van der Waals surface area (Å²) in [6.45, 7) is 0. The van der Waals surface area contributed by atoms with E-state index in [1.807, 2.05) is 13.1 Å². The van der Waals surface area contributed by atoms with Crippen LogP contribution in [0.4, 0.5) is 0 Å². The number of aromatic nitrogens is 6. The van der Waals surface area contributed by atoms with E-state index in [9.17, 15) is 4.79 Å². The number of aryl methyl sites for hydroxylation is 1. The molecule has 0 saturated heterocycles. The van der Waals surface area contributed by atoms with E-state index in [1.54, 1.807) is 23.1 Å². The highest BCUT2D eigenvalue weighted by molar-refractivity contribution is 9.10. The lowest BCUT2D eigenvalue weighted by Gasteiger charge is -1.97. The summed E-state index contributed by atoms with van der Waals surface area (Å²) in [5.41, 5.74) is 2.01. The van der Waals surface area contributed by atoms with Crippen molar-refractivity contribution >= 4 is 38.0 Å². The van der Waals surface area contributed by atoms with Crippen molar-refractivity contribution in [2.24, 2.45) is 7.05 Å². The number of halogens is 1. The number of pyridine rings is 1. The van der Waals surface area contributed by atoms with Crippen LogP contribution in [0.1, 0.15) is 0 Å². The first kappa shape index (κ1) is 12.3. The number of fused-ring (bicyclic) bond motifs is 3. The molecule has 0 spiro atoms. The molecule has 0 aliphatic heterocycles. The van der Waals surface area contributed by atoms with E-state index in [4.69, 9.17) is 0 Å². The molecule has 0 unspecified atom stereocenters. The zero-order valence-electron chi connectivity index (χ0n) is 10.9. The molecule has 4 aromatic heterocycles. The van der Waals surface area contributed by atoms with Gasteiger partial charge in [0.2, 0.25) is 0 Å². The Morgan fingerprint density at radius 3 is 2.95 bits per heavy atom. The molecule has 8 heteroatoms. The third-order valence-electron chi connectivity index (χ3n) is 3.23. The van der Waals surface area contributed by atoms with E-state index in [-0.39, 0.29) is 5.56 Å². The van der Waals surface area contributed by atoms with Crippen molar-refractivity contribution in [1.82, 2.24) is 29.7 Å². The van der Waals surface area contributed by atoms with Crippen LogP contribution in [0, 0.1) is 0 Å². The highest BCUT2D eigenvalue weighted by Gasteiger charge is 2.13. The first-order valence-corrected chi connectivity index (χ1v) is 6.98. The molecule has 0 fully saturated rings. The molecule has 0 amide bonds. The number of hydrogen-bond donors (Lipinski definition) is 2. The van der Waals surface area contributed by atoms with Crippen LogP contribution in [0.3, 0.4) is 0 Å². The normalized spacial score (nSPS) is 11.5. The Labute approximate surface area is 126 Å². The number of H-pyrrole nitrogens is 2. The zero-order valence-corrected chi connectivity index (χ0v) is 12.5. The molecule has 4 rings (SSSR count). The second-order valence-corrected chi connectivity index (χ2v) is 5.60. The first-order valence-electron chi connectivity index (χ1n) is 6.19. The Morgan fingerprint density at radius 2 is 2.19 bits per heavy atom. The fraction of sp³-hybridized carbons (Fsp3) is 0.0769. The van der Waals surface area contributed by atoms with Gasteiger partial charge in [-0.3, -0.25) is 9.48 Å². The molecule has 0 radical (unpaired) electrons. The van der Waals surface area contributed by atoms with Crippen molar-refractivity contribution in [1.29, 1.82) is 0 Å². The molecule has 4 heterocycles. The lowest BCUT2D eigenvalue weighted by atomic mass is 10.3. The predicted molar refractivity (Wildman–Crippen MR) is 81.9 cm³/mol. The Balaban J connectivity index is 2.10. The minimum absolute atomic E-state index is 0.241. The monoisotopic (exact) mass is 344 g/mol. The van der Waals surface area contributed by atoms with Gasteiger partial charge in [0, 0.05) is 29.3 Å². The summed E-state index contributed by atoms with van der Waals surface area (Å²) in [5, 5.41) is 5.05. The predicted octanol–water partition coefficient (Wildman–Crippen LogP) is 1.96. The molecule has 0 aliphatic rings. The van der Waals surface area contributed by atoms with E-state index in [0.29, 0.717) is 28.2 Å². The molecule has 0 aromatic carbocycles. The smallest absolute Gasteiger partial charge is 0.275 e. The van der Waals surface area contributed by atoms with Gasteiger partial charge in [0.05, 0.1) is 0 Å². The van der Waals surface area contributed by atoms with Gasteiger partial charge >= 0.3 is 0 Å². The lowest BCUT2D eigenvalue weighted by Crippen LogP contribution is -2.09. The van der Waals surface area contributed by atoms with Crippen molar-refractivity contribution in [2.75, 3.05) is 0 Å². The van der Waals surface area contributed by atoms with Gasteiger partial charge in [0.1, 0.15) is 22.4 Å². The Hall–Kier alpha value is -2.48. The Bertz CT molecular complexity index is 1040. The van der Waals surface area contributed by atoms with Crippen LogP contribution in [0.15, 0.2) is 33.8 Å². The van der Waals surface area contributed by atoms with Crippen molar-refractivity contribution in [3.05, 3.63) is 39.4 Å². The van der Waals surface area contributed by atoms with Gasteiger partial charge in [-0.25, -0.2) is 9.97 Å². The SMILES string of the molecule is Cn1ccc(-c2nc3c([nH]c4ncc(Br)cc43)c(=O)[nH]2)n1. The molecule has 0 saturated carbocycles. The maximum atomic E-state index is 12.2. The second kappa shape index (κ2) is 4.26. The topological polar surface area (TPSA) is 92.2 Å². The Kier molecular flexibility index (Phi) is 2.49. The average Bonchev–Trinajstić information content (AvgIpc) is 3.03. The van der Waals surface area contributed by atoms with Crippen LogP contribution in [0.5, 0.6) is 0 Å². The molecule has 2 N–H and O–H groups in total. The fourth-order valence-corrected chi connectivity index (χ4v) is 2.62. The van der Waals surface area contributed by atoms with Gasteiger partial charge < -0.3 is 9.97 Å². The number of rotatable bonds is 1. The van der Waals surface area contributed by atoms with E-state index < -0.39 is 0 Å². The zero-order chi connectivity index (χ0) is 14.6.